The predicted octanol–water partition coefficient (Wildman–Crippen LogP) is 1.37. The number of benzene rings is 1. The van der Waals surface area contributed by atoms with E-state index in [0.29, 0.717) is 5.56 Å². The Labute approximate surface area is 158 Å². The van der Waals surface area contributed by atoms with E-state index in [1.807, 2.05) is 12.1 Å². The average Bonchev–Trinajstić information content (AvgIpc) is 2.70. The summed E-state index contributed by atoms with van der Waals surface area (Å²) >= 11 is 0. The second kappa shape index (κ2) is 8.64. The highest BCUT2D eigenvalue weighted by Crippen LogP contribution is 2.20. The van der Waals surface area contributed by atoms with Gasteiger partial charge in [-0.2, -0.15) is 0 Å². The van der Waals surface area contributed by atoms with Crippen LogP contribution in [0.3, 0.4) is 0 Å². The monoisotopic (exact) mass is 368 g/mol. The topological polar surface area (TPSA) is 117 Å². The number of carboxylic acid groups (broad SMARTS) is 1. The Morgan fingerprint density at radius 2 is 1.96 bits per heavy atom. The Kier molecular flexibility index (Phi) is 6.03. The van der Waals surface area contributed by atoms with Crippen molar-refractivity contribution in [1.82, 2.24) is 10.3 Å². The number of nitrogens with one attached hydrogen (secondary N) is 2. The molecular formula is C20H24N4O3. The van der Waals surface area contributed by atoms with Crippen LogP contribution in [0.1, 0.15) is 33.6 Å². The molecule has 1 aliphatic rings. The molecule has 1 aromatic carbocycles. The molecule has 27 heavy (non-hydrogen) atoms. The summed E-state index contributed by atoms with van der Waals surface area (Å²) < 4.78 is 0. The number of aliphatic carboxylic acids is 1. The number of carbonyl (C=O) groups excluding carboxylic acids is 1. The quantitative estimate of drug-likeness (QED) is 0.586. The number of amides is 1. The minimum Gasteiger partial charge on any atom is -0.480 e. The van der Waals surface area contributed by atoms with Crippen LogP contribution >= 0.6 is 0 Å². The fraction of sp³-hybridized carbons (Fsp3) is 0.350. The standard InChI is InChI=1S/C20H24N4O3/c21-17(20(26)27)12-23-19(25)15-6-3-13(4-7-15)5-9-16-10-8-14-2-1-11-22-18(14)24-16/h3-4,6-8,10,17H,1-2,5,9,11-12,21H2,(H,22,24)(H,23,25)(H,26,27). The highest BCUT2D eigenvalue weighted by atomic mass is 16.4. The first-order chi connectivity index (χ1) is 13.0. The van der Waals surface area contributed by atoms with E-state index in [-0.39, 0.29) is 12.5 Å². The molecule has 142 valence electrons. The van der Waals surface area contributed by atoms with Crippen molar-refractivity contribution in [2.45, 2.75) is 31.7 Å². The first-order valence-corrected chi connectivity index (χ1v) is 9.11. The lowest BCUT2D eigenvalue weighted by Gasteiger charge is -2.17. The molecule has 1 unspecified atom stereocenters. The van der Waals surface area contributed by atoms with Gasteiger partial charge in [-0.1, -0.05) is 18.2 Å². The molecule has 1 aliphatic heterocycles. The molecule has 0 radical (unpaired) electrons. The molecule has 5 N–H and O–H groups in total. The Morgan fingerprint density at radius 3 is 2.70 bits per heavy atom. The number of hydrogen-bond acceptors (Lipinski definition) is 5. The number of carboxylic acids is 1. The first kappa shape index (κ1) is 18.8. The van der Waals surface area contributed by atoms with E-state index in [0.717, 1.165) is 49.3 Å². The lowest BCUT2D eigenvalue weighted by molar-refractivity contribution is -0.138. The second-order valence-corrected chi connectivity index (χ2v) is 6.69. The third-order valence-corrected chi connectivity index (χ3v) is 4.64. The molecule has 7 nitrogen and oxygen atoms in total. The predicted molar refractivity (Wildman–Crippen MR) is 103 cm³/mol. The minimum atomic E-state index is -1.14. The SMILES string of the molecule is NC(CNC(=O)c1ccc(CCc2ccc3c(n2)NCCC3)cc1)C(=O)O. The molecular weight excluding hydrogens is 344 g/mol. The zero-order valence-electron chi connectivity index (χ0n) is 15.1. The van der Waals surface area contributed by atoms with Crippen molar-refractivity contribution in [2.75, 3.05) is 18.4 Å². The van der Waals surface area contributed by atoms with Crippen molar-refractivity contribution in [2.24, 2.45) is 5.73 Å². The van der Waals surface area contributed by atoms with E-state index in [2.05, 4.69) is 22.8 Å². The van der Waals surface area contributed by atoms with Gasteiger partial charge in [0.05, 0.1) is 0 Å². The van der Waals surface area contributed by atoms with E-state index in [1.165, 1.54) is 5.56 Å². The lowest BCUT2D eigenvalue weighted by Crippen LogP contribution is -2.42. The van der Waals surface area contributed by atoms with Crippen LogP contribution in [-0.2, 0) is 24.1 Å². The van der Waals surface area contributed by atoms with Gasteiger partial charge in [-0.25, -0.2) is 4.98 Å². The number of hydrogen-bond donors (Lipinski definition) is 4. The number of rotatable bonds is 7. The Hall–Kier alpha value is -2.93. The maximum absolute atomic E-state index is 12.0. The average molecular weight is 368 g/mol. The zero-order valence-corrected chi connectivity index (χ0v) is 15.1. The van der Waals surface area contributed by atoms with Crippen LogP contribution in [-0.4, -0.2) is 41.1 Å². The molecule has 0 bridgehead atoms. The van der Waals surface area contributed by atoms with E-state index in [1.54, 1.807) is 12.1 Å². The van der Waals surface area contributed by atoms with Gasteiger partial charge in [0.1, 0.15) is 11.9 Å². The van der Waals surface area contributed by atoms with Gasteiger partial charge >= 0.3 is 5.97 Å². The number of anilines is 1. The molecule has 0 fully saturated rings. The largest absolute Gasteiger partial charge is 0.480 e. The van der Waals surface area contributed by atoms with Crippen molar-refractivity contribution in [1.29, 1.82) is 0 Å². The van der Waals surface area contributed by atoms with Gasteiger partial charge in [0.15, 0.2) is 0 Å². The highest BCUT2D eigenvalue weighted by Gasteiger charge is 2.14. The van der Waals surface area contributed by atoms with Crippen molar-refractivity contribution in [3.05, 3.63) is 58.8 Å². The molecule has 0 aliphatic carbocycles. The van der Waals surface area contributed by atoms with E-state index >= 15 is 0 Å². The van der Waals surface area contributed by atoms with E-state index in [9.17, 15) is 9.59 Å². The summed E-state index contributed by atoms with van der Waals surface area (Å²) in [5, 5.41) is 14.6. The van der Waals surface area contributed by atoms with Crippen molar-refractivity contribution >= 4 is 17.7 Å². The number of fused-ring (bicyclic) bond motifs is 1. The summed E-state index contributed by atoms with van der Waals surface area (Å²) in [6.45, 7) is 0.873. The van der Waals surface area contributed by atoms with Crippen LogP contribution in [0.5, 0.6) is 0 Å². The van der Waals surface area contributed by atoms with Crippen LogP contribution < -0.4 is 16.4 Å². The van der Waals surface area contributed by atoms with Crippen LogP contribution in [0, 0.1) is 0 Å². The number of nitrogens with two attached hydrogens (primary N) is 1. The Balaban J connectivity index is 1.53. The van der Waals surface area contributed by atoms with Gasteiger partial charge in [0.25, 0.3) is 5.91 Å². The summed E-state index contributed by atoms with van der Waals surface area (Å²) in [7, 11) is 0. The summed E-state index contributed by atoms with van der Waals surface area (Å²) in [6.07, 6.45) is 3.89. The summed E-state index contributed by atoms with van der Waals surface area (Å²) in [5.41, 5.74) is 9.30. The summed E-state index contributed by atoms with van der Waals surface area (Å²) in [4.78, 5) is 27.4. The number of carbonyl (C=O) groups is 2. The van der Waals surface area contributed by atoms with Gasteiger partial charge in [-0.05, 0) is 55.0 Å². The maximum atomic E-state index is 12.0. The second-order valence-electron chi connectivity index (χ2n) is 6.69. The minimum absolute atomic E-state index is 0.103. The van der Waals surface area contributed by atoms with Crippen LogP contribution in [0.25, 0.3) is 0 Å². The van der Waals surface area contributed by atoms with Gasteiger partial charge < -0.3 is 21.5 Å². The van der Waals surface area contributed by atoms with Crippen LogP contribution in [0.2, 0.25) is 0 Å². The fourth-order valence-corrected chi connectivity index (χ4v) is 3.00. The molecule has 7 heteroatoms. The van der Waals surface area contributed by atoms with Crippen molar-refractivity contribution in [3.8, 4) is 0 Å². The molecule has 2 aromatic rings. The Bertz CT molecular complexity index is 820. The molecule has 2 heterocycles. The normalized spacial score (nSPS) is 14.0. The van der Waals surface area contributed by atoms with Gasteiger partial charge in [0, 0.05) is 24.3 Å². The molecule has 1 amide bonds. The third-order valence-electron chi connectivity index (χ3n) is 4.64. The van der Waals surface area contributed by atoms with Gasteiger partial charge in [-0.15, -0.1) is 0 Å². The molecule has 1 atom stereocenters. The van der Waals surface area contributed by atoms with Gasteiger partial charge in [0.2, 0.25) is 0 Å². The van der Waals surface area contributed by atoms with Crippen molar-refractivity contribution < 1.29 is 14.7 Å². The molecule has 3 rings (SSSR count). The Morgan fingerprint density at radius 1 is 1.19 bits per heavy atom. The van der Waals surface area contributed by atoms with Crippen molar-refractivity contribution in [3.63, 3.8) is 0 Å². The molecule has 0 spiro atoms. The highest BCUT2D eigenvalue weighted by molar-refractivity contribution is 5.94. The number of pyridine rings is 1. The number of aryl methyl sites for hydroxylation is 3. The van der Waals surface area contributed by atoms with Gasteiger partial charge in [-0.3, -0.25) is 9.59 Å². The molecule has 0 saturated carbocycles. The molecule has 0 saturated heterocycles. The van der Waals surface area contributed by atoms with Crippen LogP contribution in [0.15, 0.2) is 36.4 Å². The fourth-order valence-electron chi connectivity index (χ4n) is 3.00. The number of nitrogens with zero attached hydrogens (tertiary/aromatic N) is 1. The first-order valence-electron chi connectivity index (χ1n) is 9.11. The maximum Gasteiger partial charge on any atom is 0.322 e. The zero-order chi connectivity index (χ0) is 19.2. The third kappa shape index (κ3) is 5.04. The summed E-state index contributed by atoms with van der Waals surface area (Å²) in [5.74, 6) is -0.470. The molecule has 1 aromatic heterocycles. The summed E-state index contributed by atoms with van der Waals surface area (Å²) in [6, 6.07) is 10.4. The van der Waals surface area contributed by atoms with E-state index < -0.39 is 12.0 Å². The lowest BCUT2D eigenvalue weighted by atomic mass is 10.0. The number of aromatic nitrogens is 1. The van der Waals surface area contributed by atoms with E-state index in [4.69, 9.17) is 15.8 Å². The smallest absolute Gasteiger partial charge is 0.322 e. The van der Waals surface area contributed by atoms with Crippen LogP contribution in [0.4, 0.5) is 5.82 Å².